The topological polar surface area (TPSA) is 162 Å². The molecule has 3 rings (SSSR count). The lowest BCUT2D eigenvalue weighted by atomic mass is 10.2. The van der Waals surface area contributed by atoms with E-state index in [1.165, 1.54) is 12.4 Å². The highest BCUT2D eigenvalue weighted by Gasteiger charge is 2.19. The van der Waals surface area contributed by atoms with Gasteiger partial charge in [-0.05, 0) is 43.1 Å². The van der Waals surface area contributed by atoms with Crippen molar-refractivity contribution in [2.24, 2.45) is 0 Å². The minimum absolute atomic E-state index is 0.282. The van der Waals surface area contributed by atoms with E-state index in [-0.39, 0.29) is 12.5 Å². The van der Waals surface area contributed by atoms with Crippen molar-refractivity contribution in [1.29, 1.82) is 5.26 Å². The number of ether oxygens (including phenoxy) is 1. The fourth-order valence-electron chi connectivity index (χ4n) is 2.58. The Morgan fingerprint density at radius 1 is 1.28 bits per heavy atom. The standard InChI is InChI=1S/C20H19N7O4S/c1-12-17(19(32-27-12)26-15-9-13(10-21)5-7-22-15)18(28)25-14-3-4-16(24-11-14)31-8-2-6-23-20(29)30/h3-5,7,9,11,23H,2,6,8H2,1H3,(H,22,26)(H,25,28)(H,29,30). The smallest absolute Gasteiger partial charge is 0.404 e. The number of hydrogen-bond acceptors (Lipinski definition) is 9. The summed E-state index contributed by atoms with van der Waals surface area (Å²) in [6, 6.07) is 8.46. The van der Waals surface area contributed by atoms with E-state index in [1.54, 1.807) is 31.2 Å². The van der Waals surface area contributed by atoms with Gasteiger partial charge >= 0.3 is 6.09 Å². The molecule has 0 saturated carbocycles. The summed E-state index contributed by atoms with van der Waals surface area (Å²) in [5.41, 5.74) is 1.83. The molecule has 0 aliphatic carbocycles. The molecular weight excluding hydrogens is 434 g/mol. The summed E-state index contributed by atoms with van der Waals surface area (Å²) in [4.78, 5) is 31.5. The van der Waals surface area contributed by atoms with Gasteiger partial charge in [-0.3, -0.25) is 4.79 Å². The number of amides is 2. The first-order chi connectivity index (χ1) is 15.5. The van der Waals surface area contributed by atoms with Crippen LogP contribution in [0.15, 0.2) is 36.7 Å². The van der Waals surface area contributed by atoms with Crippen LogP contribution in [0, 0.1) is 18.3 Å². The number of aromatic nitrogens is 3. The highest BCUT2D eigenvalue weighted by molar-refractivity contribution is 7.10. The van der Waals surface area contributed by atoms with Crippen LogP contribution in [0.1, 0.15) is 28.0 Å². The van der Waals surface area contributed by atoms with Crippen molar-refractivity contribution in [2.75, 3.05) is 23.8 Å². The van der Waals surface area contributed by atoms with Crippen LogP contribution in [-0.2, 0) is 0 Å². The molecule has 164 valence electrons. The van der Waals surface area contributed by atoms with E-state index >= 15 is 0 Å². The summed E-state index contributed by atoms with van der Waals surface area (Å²) in [5, 5.41) is 26.1. The van der Waals surface area contributed by atoms with Gasteiger partial charge in [0.2, 0.25) is 5.88 Å². The van der Waals surface area contributed by atoms with Crippen LogP contribution in [0.4, 0.5) is 21.3 Å². The predicted octanol–water partition coefficient (Wildman–Crippen LogP) is 3.15. The molecule has 0 aliphatic heterocycles. The van der Waals surface area contributed by atoms with Gasteiger partial charge in [0, 0.05) is 18.8 Å². The Hall–Kier alpha value is -4.24. The second kappa shape index (κ2) is 10.7. The summed E-state index contributed by atoms with van der Waals surface area (Å²) in [7, 11) is 0. The van der Waals surface area contributed by atoms with Gasteiger partial charge in [0.1, 0.15) is 10.8 Å². The molecule has 0 aromatic carbocycles. The second-order valence-corrected chi connectivity index (χ2v) is 7.19. The van der Waals surface area contributed by atoms with Crippen molar-refractivity contribution in [1.82, 2.24) is 19.7 Å². The Morgan fingerprint density at radius 3 is 2.84 bits per heavy atom. The van der Waals surface area contributed by atoms with E-state index in [0.717, 1.165) is 11.5 Å². The van der Waals surface area contributed by atoms with E-state index < -0.39 is 6.09 Å². The fraction of sp³-hybridized carbons (Fsp3) is 0.200. The number of nitrogens with zero attached hydrogens (tertiary/aromatic N) is 4. The Morgan fingerprint density at radius 2 is 2.12 bits per heavy atom. The molecule has 0 spiro atoms. The zero-order chi connectivity index (χ0) is 22.9. The van der Waals surface area contributed by atoms with Gasteiger partial charge in [-0.15, -0.1) is 0 Å². The number of aryl methyl sites for hydroxylation is 1. The predicted molar refractivity (Wildman–Crippen MR) is 117 cm³/mol. The van der Waals surface area contributed by atoms with Crippen LogP contribution < -0.4 is 20.7 Å². The van der Waals surface area contributed by atoms with E-state index in [4.69, 9.17) is 15.1 Å². The van der Waals surface area contributed by atoms with E-state index in [9.17, 15) is 9.59 Å². The van der Waals surface area contributed by atoms with Gasteiger partial charge in [0.05, 0.1) is 41.4 Å². The Labute approximate surface area is 187 Å². The lowest BCUT2D eigenvalue weighted by molar-refractivity contribution is 0.102. The monoisotopic (exact) mass is 453 g/mol. The molecule has 0 unspecified atom stereocenters. The lowest BCUT2D eigenvalue weighted by Gasteiger charge is -2.09. The van der Waals surface area contributed by atoms with Crippen LogP contribution >= 0.6 is 11.5 Å². The summed E-state index contributed by atoms with van der Waals surface area (Å²) < 4.78 is 9.68. The zero-order valence-corrected chi connectivity index (χ0v) is 17.8. The Balaban J connectivity index is 1.60. The van der Waals surface area contributed by atoms with Gasteiger partial charge in [-0.2, -0.15) is 9.64 Å². The van der Waals surface area contributed by atoms with Crippen molar-refractivity contribution in [3.8, 4) is 11.9 Å². The molecule has 3 aromatic rings. The maximum Gasteiger partial charge on any atom is 0.404 e. The molecule has 3 heterocycles. The minimum atomic E-state index is -1.08. The zero-order valence-electron chi connectivity index (χ0n) is 17.0. The third-order valence-electron chi connectivity index (χ3n) is 4.06. The van der Waals surface area contributed by atoms with Gasteiger partial charge < -0.3 is 25.8 Å². The van der Waals surface area contributed by atoms with Gasteiger partial charge in [-0.1, -0.05) is 0 Å². The number of hydrogen-bond donors (Lipinski definition) is 4. The molecule has 0 saturated heterocycles. The molecular formula is C20H19N7O4S. The minimum Gasteiger partial charge on any atom is -0.478 e. The summed E-state index contributed by atoms with van der Waals surface area (Å²) in [6.07, 6.45) is 2.39. The first kappa shape index (κ1) is 22.4. The molecule has 0 atom stereocenters. The molecule has 32 heavy (non-hydrogen) atoms. The second-order valence-electron chi connectivity index (χ2n) is 6.41. The maximum absolute atomic E-state index is 12.8. The summed E-state index contributed by atoms with van der Waals surface area (Å²) >= 11 is 1.12. The van der Waals surface area contributed by atoms with E-state index in [1.807, 2.05) is 6.07 Å². The molecule has 11 nitrogen and oxygen atoms in total. The number of carboxylic acid groups (broad SMARTS) is 1. The number of anilines is 3. The van der Waals surface area contributed by atoms with Crippen molar-refractivity contribution in [3.05, 3.63) is 53.5 Å². The Bertz CT molecular complexity index is 1140. The molecule has 3 aromatic heterocycles. The van der Waals surface area contributed by atoms with Crippen molar-refractivity contribution in [2.45, 2.75) is 13.3 Å². The average molecular weight is 453 g/mol. The van der Waals surface area contributed by atoms with Crippen LogP contribution in [0.2, 0.25) is 0 Å². The third-order valence-corrected chi connectivity index (χ3v) is 4.92. The largest absolute Gasteiger partial charge is 0.478 e. The molecule has 4 N–H and O–H groups in total. The first-order valence-corrected chi connectivity index (χ1v) is 10.2. The third kappa shape index (κ3) is 6.13. The number of carbonyl (C=O) groups excluding carboxylic acids is 1. The highest BCUT2D eigenvalue weighted by atomic mass is 32.1. The van der Waals surface area contributed by atoms with Gasteiger partial charge in [0.25, 0.3) is 5.91 Å². The molecule has 0 fully saturated rings. The van der Waals surface area contributed by atoms with Crippen LogP contribution in [0.25, 0.3) is 0 Å². The molecule has 0 bridgehead atoms. The SMILES string of the molecule is Cc1nsc(Nc2cc(C#N)ccn2)c1C(=O)Nc1ccc(OCCCNC(=O)O)nc1. The number of nitriles is 1. The van der Waals surface area contributed by atoms with E-state index in [0.29, 0.717) is 52.2 Å². The fourth-order valence-corrected chi connectivity index (χ4v) is 3.39. The highest BCUT2D eigenvalue weighted by Crippen LogP contribution is 2.28. The van der Waals surface area contributed by atoms with Crippen LogP contribution in [0.3, 0.4) is 0 Å². The number of rotatable bonds is 9. The van der Waals surface area contributed by atoms with E-state index in [2.05, 4.69) is 30.3 Å². The van der Waals surface area contributed by atoms with Crippen molar-refractivity contribution in [3.63, 3.8) is 0 Å². The van der Waals surface area contributed by atoms with Crippen LogP contribution in [0.5, 0.6) is 5.88 Å². The van der Waals surface area contributed by atoms with Gasteiger partial charge in [-0.25, -0.2) is 14.8 Å². The van der Waals surface area contributed by atoms with Crippen molar-refractivity contribution >= 4 is 40.0 Å². The average Bonchev–Trinajstić information content (AvgIpc) is 3.14. The molecule has 0 radical (unpaired) electrons. The summed E-state index contributed by atoms with van der Waals surface area (Å²) in [6.45, 7) is 2.31. The Kier molecular flexibility index (Phi) is 7.50. The number of carbonyl (C=O) groups is 2. The van der Waals surface area contributed by atoms with Gasteiger partial charge in [0.15, 0.2) is 0 Å². The lowest BCUT2D eigenvalue weighted by Crippen LogP contribution is -2.23. The van der Waals surface area contributed by atoms with Crippen molar-refractivity contribution < 1.29 is 19.4 Å². The first-order valence-electron chi connectivity index (χ1n) is 9.42. The normalized spacial score (nSPS) is 10.1. The molecule has 12 heteroatoms. The molecule has 0 aliphatic rings. The van der Waals surface area contributed by atoms with Crippen LogP contribution in [-0.4, -0.2) is 44.6 Å². The summed E-state index contributed by atoms with van der Waals surface area (Å²) in [5.74, 6) is 0.423. The maximum atomic E-state index is 12.8. The quantitative estimate of drug-likeness (QED) is 0.356. The number of pyridine rings is 2. The molecule has 2 amide bonds. The number of nitrogens with one attached hydrogen (secondary N) is 3.